The molecule has 0 saturated heterocycles. The fourth-order valence-corrected chi connectivity index (χ4v) is 3.73. The molecule has 0 amide bonds. The minimum atomic E-state index is -0.980. The molecule has 3 aromatic rings. The molecule has 0 fully saturated rings. The zero-order valence-corrected chi connectivity index (χ0v) is 17.1. The SMILES string of the molecule is CCOc1cccc(Nc2c(F)c(C#N)c(C#N)c(F)c2Sc2ccc(C)cc2)c1. The molecule has 0 heterocycles. The summed E-state index contributed by atoms with van der Waals surface area (Å²) >= 11 is 0.977. The third-order valence-corrected chi connectivity index (χ3v) is 5.31. The second-order valence-corrected chi connectivity index (χ2v) is 7.39. The fourth-order valence-electron chi connectivity index (χ4n) is 2.78. The summed E-state index contributed by atoms with van der Waals surface area (Å²) in [7, 11) is 0. The van der Waals surface area contributed by atoms with Gasteiger partial charge in [-0.1, -0.05) is 35.5 Å². The number of hydrogen-bond acceptors (Lipinski definition) is 5. The van der Waals surface area contributed by atoms with Gasteiger partial charge in [0, 0.05) is 16.6 Å². The van der Waals surface area contributed by atoms with Crippen LogP contribution in [0.15, 0.2) is 58.3 Å². The van der Waals surface area contributed by atoms with E-state index in [1.54, 1.807) is 48.5 Å². The standard InChI is InChI=1S/C23H17F2N3OS/c1-3-29-16-6-4-5-15(11-16)28-22-20(24)18(12-26)19(13-27)21(25)23(22)30-17-9-7-14(2)8-10-17/h4-11,28H,3H2,1-2H3. The Bertz CT molecular complexity index is 1170. The summed E-state index contributed by atoms with van der Waals surface area (Å²) in [5, 5.41) is 21.5. The molecule has 0 radical (unpaired) electrons. The summed E-state index contributed by atoms with van der Waals surface area (Å²) in [6, 6.07) is 17.2. The normalized spacial score (nSPS) is 10.2. The second kappa shape index (κ2) is 9.30. The number of ether oxygens (including phenoxy) is 1. The van der Waals surface area contributed by atoms with Gasteiger partial charge in [0.05, 0.1) is 17.2 Å². The molecule has 0 atom stereocenters. The lowest BCUT2D eigenvalue weighted by molar-refractivity contribution is 0.340. The van der Waals surface area contributed by atoms with Crippen LogP contribution in [-0.4, -0.2) is 6.61 Å². The van der Waals surface area contributed by atoms with Crippen molar-refractivity contribution in [1.29, 1.82) is 10.5 Å². The van der Waals surface area contributed by atoms with Gasteiger partial charge in [-0.2, -0.15) is 10.5 Å². The number of nitrogens with one attached hydrogen (secondary N) is 1. The third kappa shape index (κ3) is 4.37. The number of nitriles is 2. The lowest BCUT2D eigenvalue weighted by atomic mass is 10.1. The molecule has 0 aliphatic heterocycles. The topological polar surface area (TPSA) is 68.8 Å². The van der Waals surface area contributed by atoms with Gasteiger partial charge in [0.1, 0.15) is 29.0 Å². The van der Waals surface area contributed by atoms with Crippen LogP contribution in [0.4, 0.5) is 20.2 Å². The van der Waals surface area contributed by atoms with Gasteiger partial charge in [0.15, 0.2) is 11.6 Å². The van der Waals surface area contributed by atoms with Crippen LogP contribution in [0.2, 0.25) is 0 Å². The highest BCUT2D eigenvalue weighted by molar-refractivity contribution is 7.99. The molecular weight excluding hydrogens is 404 g/mol. The van der Waals surface area contributed by atoms with E-state index in [0.29, 0.717) is 22.9 Å². The van der Waals surface area contributed by atoms with Crippen LogP contribution in [-0.2, 0) is 0 Å². The van der Waals surface area contributed by atoms with E-state index in [1.807, 2.05) is 26.0 Å². The Labute approximate surface area is 177 Å². The highest BCUT2D eigenvalue weighted by Gasteiger charge is 2.26. The van der Waals surface area contributed by atoms with Gasteiger partial charge in [-0.3, -0.25) is 0 Å². The minimum absolute atomic E-state index is 0.103. The number of hydrogen-bond donors (Lipinski definition) is 1. The number of nitrogens with zero attached hydrogens (tertiary/aromatic N) is 2. The maximum Gasteiger partial charge on any atom is 0.167 e. The van der Waals surface area contributed by atoms with Crippen LogP contribution < -0.4 is 10.1 Å². The Kier molecular flexibility index (Phi) is 6.56. The number of aryl methyl sites for hydroxylation is 1. The van der Waals surface area contributed by atoms with Crippen LogP contribution in [0.1, 0.15) is 23.6 Å². The Balaban J connectivity index is 2.15. The molecule has 0 unspecified atom stereocenters. The maximum atomic E-state index is 15.2. The average Bonchev–Trinajstić information content (AvgIpc) is 2.74. The van der Waals surface area contributed by atoms with Crippen molar-refractivity contribution >= 4 is 23.1 Å². The smallest absolute Gasteiger partial charge is 0.167 e. The van der Waals surface area contributed by atoms with Crippen LogP contribution in [0, 0.1) is 41.2 Å². The van der Waals surface area contributed by atoms with Gasteiger partial charge in [-0.25, -0.2) is 8.78 Å². The summed E-state index contributed by atoms with van der Waals surface area (Å²) in [5.74, 6) is -1.36. The van der Waals surface area contributed by atoms with Gasteiger partial charge >= 0.3 is 0 Å². The number of benzene rings is 3. The van der Waals surface area contributed by atoms with E-state index < -0.39 is 22.8 Å². The van der Waals surface area contributed by atoms with Crippen molar-refractivity contribution in [1.82, 2.24) is 0 Å². The first-order valence-corrected chi connectivity index (χ1v) is 9.89. The summed E-state index contributed by atoms with van der Waals surface area (Å²) in [6.45, 7) is 4.21. The largest absolute Gasteiger partial charge is 0.494 e. The summed E-state index contributed by atoms with van der Waals surface area (Å²) in [4.78, 5) is 0.562. The minimum Gasteiger partial charge on any atom is -0.494 e. The van der Waals surface area contributed by atoms with E-state index in [1.165, 1.54) is 0 Å². The highest BCUT2D eigenvalue weighted by atomic mass is 32.2. The molecule has 0 aliphatic carbocycles. The van der Waals surface area contributed by atoms with Crippen molar-refractivity contribution < 1.29 is 13.5 Å². The van der Waals surface area contributed by atoms with E-state index >= 15 is 8.78 Å². The van der Waals surface area contributed by atoms with Crippen LogP contribution in [0.25, 0.3) is 0 Å². The van der Waals surface area contributed by atoms with Gasteiger partial charge in [-0.15, -0.1) is 0 Å². The number of rotatable bonds is 6. The van der Waals surface area contributed by atoms with E-state index in [-0.39, 0.29) is 10.6 Å². The van der Waals surface area contributed by atoms with E-state index in [2.05, 4.69) is 5.32 Å². The molecule has 0 aromatic heterocycles. The molecule has 1 N–H and O–H groups in total. The predicted octanol–water partition coefficient (Wildman–Crippen LogP) is 6.31. The number of anilines is 2. The number of halogens is 2. The van der Waals surface area contributed by atoms with Gasteiger partial charge < -0.3 is 10.1 Å². The van der Waals surface area contributed by atoms with Crippen LogP contribution in [0.3, 0.4) is 0 Å². The predicted molar refractivity (Wildman–Crippen MR) is 112 cm³/mol. The molecule has 150 valence electrons. The fraction of sp³-hybridized carbons (Fsp3) is 0.130. The van der Waals surface area contributed by atoms with Crippen molar-refractivity contribution in [3.8, 4) is 17.9 Å². The summed E-state index contributed by atoms with van der Waals surface area (Å²) in [5.41, 5.74) is 0.0282. The molecule has 3 aromatic carbocycles. The molecule has 0 spiro atoms. The molecule has 0 aliphatic rings. The molecule has 0 bridgehead atoms. The second-order valence-electron chi connectivity index (χ2n) is 6.31. The molecule has 3 rings (SSSR count). The third-order valence-electron chi connectivity index (χ3n) is 4.21. The van der Waals surface area contributed by atoms with E-state index in [0.717, 1.165) is 17.3 Å². The Morgan fingerprint density at radius 2 is 1.67 bits per heavy atom. The first-order valence-electron chi connectivity index (χ1n) is 9.08. The van der Waals surface area contributed by atoms with Gasteiger partial charge in [0.2, 0.25) is 0 Å². The zero-order valence-electron chi connectivity index (χ0n) is 16.3. The first-order chi connectivity index (χ1) is 14.5. The zero-order chi connectivity index (χ0) is 21.7. The Morgan fingerprint density at radius 3 is 2.30 bits per heavy atom. The maximum absolute atomic E-state index is 15.2. The monoisotopic (exact) mass is 421 g/mol. The lowest BCUT2D eigenvalue weighted by Crippen LogP contribution is -2.05. The summed E-state index contributed by atoms with van der Waals surface area (Å²) in [6.07, 6.45) is 0. The quantitative estimate of drug-likeness (QED) is 0.505. The molecule has 0 saturated carbocycles. The van der Waals surface area contributed by atoms with Gasteiger partial charge in [0.25, 0.3) is 0 Å². The Morgan fingerprint density at radius 1 is 1.00 bits per heavy atom. The van der Waals surface area contributed by atoms with Crippen molar-refractivity contribution in [2.45, 2.75) is 23.6 Å². The van der Waals surface area contributed by atoms with Crippen molar-refractivity contribution in [3.63, 3.8) is 0 Å². The molecular formula is C23H17F2N3OS. The van der Waals surface area contributed by atoms with Crippen LogP contribution in [0.5, 0.6) is 5.75 Å². The summed E-state index contributed by atoms with van der Waals surface area (Å²) < 4.78 is 35.9. The highest BCUT2D eigenvalue weighted by Crippen LogP contribution is 2.41. The van der Waals surface area contributed by atoms with E-state index in [9.17, 15) is 10.5 Å². The Hall–Kier alpha value is -3.55. The van der Waals surface area contributed by atoms with Crippen molar-refractivity contribution in [2.24, 2.45) is 0 Å². The first kappa shape index (κ1) is 21.2. The lowest BCUT2D eigenvalue weighted by Gasteiger charge is -2.16. The average molecular weight is 421 g/mol. The van der Waals surface area contributed by atoms with Crippen molar-refractivity contribution in [2.75, 3.05) is 11.9 Å². The molecule has 7 heteroatoms. The van der Waals surface area contributed by atoms with Gasteiger partial charge in [-0.05, 0) is 38.1 Å². The van der Waals surface area contributed by atoms with Crippen molar-refractivity contribution in [3.05, 3.63) is 76.9 Å². The van der Waals surface area contributed by atoms with Crippen LogP contribution >= 0.6 is 11.8 Å². The molecule has 4 nitrogen and oxygen atoms in total. The van der Waals surface area contributed by atoms with E-state index in [4.69, 9.17) is 4.74 Å². The molecule has 30 heavy (non-hydrogen) atoms.